The van der Waals surface area contributed by atoms with Gasteiger partial charge in [0.1, 0.15) is 17.3 Å². The van der Waals surface area contributed by atoms with Crippen molar-refractivity contribution in [2.24, 2.45) is 0 Å². The summed E-state index contributed by atoms with van der Waals surface area (Å²) in [6.07, 6.45) is 0. The molecule has 1 amide bonds. The van der Waals surface area contributed by atoms with Gasteiger partial charge >= 0.3 is 0 Å². The predicted molar refractivity (Wildman–Crippen MR) is 64.6 cm³/mol. The first-order chi connectivity index (χ1) is 9.06. The summed E-state index contributed by atoms with van der Waals surface area (Å²) in [5.41, 5.74) is -0.163. The lowest BCUT2D eigenvalue weighted by atomic mass is 10.2. The highest BCUT2D eigenvalue weighted by atomic mass is 19.1. The van der Waals surface area contributed by atoms with Crippen molar-refractivity contribution in [1.29, 1.82) is 0 Å². The van der Waals surface area contributed by atoms with Crippen LogP contribution in [-0.2, 0) is 6.54 Å². The van der Waals surface area contributed by atoms with Gasteiger partial charge in [-0.3, -0.25) is 9.59 Å². The van der Waals surface area contributed by atoms with E-state index in [2.05, 4.69) is 10.3 Å². The van der Waals surface area contributed by atoms with Gasteiger partial charge in [0.15, 0.2) is 0 Å². The topological polar surface area (TPSA) is 62.0 Å². The molecule has 2 N–H and O–H groups in total. The van der Waals surface area contributed by atoms with Gasteiger partial charge in [0.25, 0.3) is 5.91 Å². The minimum absolute atomic E-state index is 0.0787. The summed E-state index contributed by atoms with van der Waals surface area (Å²) in [4.78, 5) is 25.0. The highest BCUT2D eigenvalue weighted by molar-refractivity contribution is 5.92. The van der Waals surface area contributed by atoms with Crippen molar-refractivity contribution < 1.29 is 13.6 Å². The lowest BCUT2D eigenvalue weighted by Crippen LogP contribution is -2.26. The van der Waals surface area contributed by atoms with Crippen molar-refractivity contribution in [3.8, 4) is 0 Å². The van der Waals surface area contributed by atoms with Crippen LogP contribution in [-0.4, -0.2) is 10.9 Å². The molecule has 0 bridgehead atoms. The largest absolute Gasteiger partial charge is 0.347 e. The third-order valence-electron chi connectivity index (χ3n) is 2.47. The van der Waals surface area contributed by atoms with Crippen LogP contribution in [0.5, 0.6) is 0 Å². The molecule has 4 nitrogen and oxygen atoms in total. The van der Waals surface area contributed by atoms with E-state index in [0.29, 0.717) is 0 Å². The van der Waals surface area contributed by atoms with Crippen molar-refractivity contribution in [2.45, 2.75) is 6.54 Å². The number of carbonyl (C=O) groups is 1. The zero-order valence-corrected chi connectivity index (χ0v) is 9.74. The van der Waals surface area contributed by atoms with Crippen LogP contribution in [0.15, 0.2) is 41.2 Å². The van der Waals surface area contributed by atoms with Crippen molar-refractivity contribution >= 4 is 5.91 Å². The molecule has 0 radical (unpaired) electrons. The number of aromatic amines is 1. The first-order valence-corrected chi connectivity index (χ1v) is 5.48. The average molecular weight is 264 g/mol. The zero-order chi connectivity index (χ0) is 13.8. The van der Waals surface area contributed by atoms with Gasteiger partial charge in [-0.05, 0) is 12.1 Å². The fourth-order valence-electron chi connectivity index (χ4n) is 1.52. The van der Waals surface area contributed by atoms with E-state index in [1.54, 1.807) is 0 Å². The number of carbonyl (C=O) groups excluding carboxylic acids is 1. The number of rotatable bonds is 3. The molecule has 0 unspecified atom stereocenters. The maximum absolute atomic E-state index is 13.3. The molecule has 6 heteroatoms. The van der Waals surface area contributed by atoms with Gasteiger partial charge in [0, 0.05) is 24.2 Å². The lowest BCUT2D eigenvalue weighted by Gasteiger charge is -2.06. The van der Waals surface area contributed by atoms with Crippen LogP contribution in [0.25, 0.3) is 0 Å². The van der Waals surface area contributed by atoms with Gasteiger partial charge < -0.3 is 10.3 Å². The van der Waals surface area contributed by atoms with Crippen LogP contribution >= 0.6 is 0 Å². The van der Waals surface area contributed by atoms with E-state index in [0.717, 1.165) is 12.1 Å². The molecule has 1 heterocycles. The van der Waals surface area contributed by atoms with Crippen molar-refractivity contribution in [2.75, 3.05) is 0 Å². The minimum Gasteiger partial charge on any atom is -0.347 e. The number of aromatic nitrogens is 1. The van der Waals surface area contributed by atoms with E-state index in [1.165, 1.54) is 24.3 Å². The van der Waals surface area contributed by atoms with Crippen LogP contribution in [0, 0.1) is 11.6 Å². The quantitative estimate of drug-likeness (QED) is 0.884. The molecule has 0 aliphatic rings. The second-order valence-electron chi connectivity index (χ2n) is 3.85. The van der Waals surface area contributed by atoms with Gasteiger partial charge in [0.05, 0.1) is 0 Å². The van der Waals surface area contributed by atoms with Crippen LogP contribution in [0.3, 0.4) is 0 Å². The molecule has 2 aromatic rings. The Hall–Kier alpha value is -2.50. The summed E-state index contributed by atoms with van der Waals surface area (Å²) in [5.74, 6) is -1.96. The van der Waals surface area contributed by atoms with E-state index in [4.69, 9.17) is 0 Å². The van der Waals surface area contributed by atoms with Crippen LogP contribution in [0.2, 0.25) is 0 Å². The molecular formula is C13H10F2N2O2. The van der Waals surface area contributed by atoms with E-state index >= 15 is 0 Å². The molecule has 0 fully saturated rings. The maximum atomic E-state index is 13.3. The smallest absolute Gasteiger partial charge is 0.268 e. The maximum Gasteiger partial charge on any atom is 0.268 e. The highest BCUT2D eigenvalue weighted by Gasteiger charge is 2.08. The minimum atomic E-state index is -0.734. The van der Waals surface area contributed by atoms with Gasteiger partial charge in [-0.2, -0.15) is 0 Å². The van der Waals surface area contributed by atoms with Crippen LogP contribution in [0.1, 0.15) is 16.1 Å². The SMILES string of the molecule is O=C(NCc1ccc(F)cc1F)c1cccc(=O)[nH]1. The van der Waals surface area contributed by atoms with Gasteiger partial charge in [-0.25, -0.2) is 8.78 Å². The third kappa shape index (κ3) is 3.25. The monoisotopic (exact) mass is 264 g/mol. The highest BCUT2D eigenvalue weighted by Crippen LogP contribution is 2.09. The number of benzene rings is 1. The Kier molecular flexibility index (Phi) is 3.70. The summed E-state index contributed by atoms with van der Waals surface area (Å²) in [6.45, 7) is -0.0954. The molecule has 0 saturated heterocycles. The number of hydrogen-bond acceptors (Lipinski definition) is 2. The van der Waals surface area contributed by atoms with Crippen molar-refractivity contribution in [3.63, 3.8) is 0 Å². The van der Waals surface area contributed by atoms with Gasteiger partial charge in [-0.1, -0.05) is 12.1 Å². The number of H-pyrrole nitrogens is 1. The molecule has 1 aromatic heterocycles. The number of halogens is 2. The Morgan fingerprint density at radius 3 is 2.68 bits per heavy atom. The summed E-state index contributed by atoms with van der Waals surface area (Å²) in [6, 6.07) is 7.24. The third-order valence-corrected chi connectivity index (χ3v) is 2.47. The predicted octanol–water partition coefficient (Wildman–Crippen LogP) is 1.58. The number of nitrogens with one attached hydrogen (secondary N) is 2. The second kappa shape index (κ2) is 5.43. The molecule has 0 atom stereocenters. The Balaban J connectivity index is 2.06. The van der Waals surface area contributed by atoms with Crippen LogP contribution < -0.4 is 10.9 Å². The first-order valence-electron chi connectivity index (χ1n) is 5.48. The standard InChI is InChI=1S/C13H10F2N2O2/c14-9-5-4-8(10(15)6-9)7-16-13(19)11-2-1-3-12(18)17-11/h1-6H,7H2,(H,16,19)(H,17,18). The Morgan fingerprint density at radius 1 is 1.21 bits per heavy atom. The number of pyridine rings is 1. The molecule has 0 spiro atoms. The normalized spacial score (nSPS) is 10.2. The fraction of sp³-hybridized carbons (Fsp3) is 0.0769. The zero-order valence-electron chi connectivity index (χ0n) is 9.74. The Bertz CT molecular complexity index is 668. The van der Waals surface area contributed by atoms with E-state index in [-0.39, 0.29) is 17.8 Å². The van der Waals surface area contributed by atoms with E-state index in [9.17, 15) is 18.4 Å². The number of amides is 1. The average Bonchev–Trinajstić information content (AvgIpc) is 2.37. The van der Waals surface area contributed by atoms with E-state index < -0.39 is 23.1 Å². The molecule has 98 valence electrons. The molecule has 0 aliphatic carbocycles. The molecule has 1 aromatic carbocycles. The lowest BCUT2D eigenvalue weighted by molar-refractivity contribution is 0.0945. The summed E-state index contributed by atoms with van der Waals surface area (Å²) in [7, 11) is 0. The second-order valence-corrected chi connectivity index (χ2v) is 3.85. The molecule has 19 heavy (non-hydrogen) atoms. The molecule has 0 aliphatic heterocycles. The molecular weight excluding hydrogens is 254 g/mol. The van der Waals surface area contributed by atoms with Crippen LogP contribution in [0.4, 0.5) is 8.78 Å². The number of hydrogen-bond donors (Lipinski definition) is 2. The van der Waals surface area contributed by atoms with Gasteiger partial charge in [-0.15, -0.1) is 0 Å². The Morgan fingerprint density at radius 2 is 2.00 bits per heavy atom. The Labute approximate surface area is 107 Å². The van der Waals surface area contributed by atoms with Crippen molar-refractivity contribution in [1.82, 2.24) is 10.3 Å². The molecule has 0 saturated carbocycles. The molecule has 2 rings (SSSR count). The first kappa shape index (κ1) is 12.9. The van der Waals surface area contributed by atoms with Gasteiger partial charge in [0.2, 0.25) is 5.56 Å². The fourth-order valence-corrected chi connectivity index (χ4v) is 1.52. The van der Waals surface area contributed by atoms with E-state index in [1.807, 2.05) is 0 Å². The van der Waals surface area contributed by atoms with Crippen molar-refractivity contribution in [3.05, 3.63) is 69.6 Å². The summed E-state index contributed by atoms with van der Waals surface area (Å²) in [5, 5.41) is 2.43. The summed E-state index contributed by atoms with van der Waals surface area (Å²) < 4.78 is 26.0. The summed E-state index contributed by atoms with van der Waals surface area (Å²) >= 11 is 0.